The van der Waals surface area contributed by atoms with E-state index in [2.05, 4.69) is 71.0 Å². The molecule has 1 aliphatic rings. The molecule has 2 aromatic carbocycles. The van der Waals surface area contributed by atoms with Gasteiger partial charge in [-0.25, -0.2) is 0 Å². The summed E-state index contributed by atoms with van der Waals surface area (Å²) in [6.45, 7) is 9.22. The number of nitrogens with zero attached hydrogens (tertiary/aromatic N) is 3. The van der Waals surface area contributed by atoms with Gasteiger partial charge in [-0.2, -0.15) is 0 Å². The Morgan fingerprint density at radius 1 is 1.08 bits per heavy atom. The van der Waals surface area contributed by atoms with Crippen LogP contribution in [0, 0.1) is 13.8 Å². The molecule has 0 bridgehead atoms. The number of thiocarbonyl (C=S) groups is 1. The summed E-state index contributed by atoms with van der Waals surface area (Å²) in [5.41, 5.74) is 5.41. The lowest BCUT2D eigenvalue weighted by Gasteiger charge is -2.28. The van der Waals surface area contributed by atoms with E-state index in [0.717, 1.165) is 22.2 Å². The van der Waals surface area contributed by atoms with Gasteiger partial charge in [0, 0.05) is 47.7 Å². The van der Waals surface area contributed by atoms with Crippen LogP contribution >= 0.6 is 12.2 Å². The van der Waals surface area contributed by atoms with E-state index in [1.54, 1.807) is 0 Å². The Morgan fingerprint density at radius 2 is 1.84 bits per heavy atom. The van der Waals surface area contributed by atoms with E-state index in [4.69, 9.17) is 12.2 Å². The summed E-state index contributed by atoms with van der Waals surface area (Å²) >= 11 is 5.82. The largest absolute Gasteiger partial charge is 0.352 e. The first-order chi connectivity index (χ1) is 17.8. The van der Waals surface area contributed by atoms with Crippen molar-refractivity contribution in [2.24, 2.45) is 0 Å². The summed E-state index contributed by atoms with van der Waals surface area (Å²) in [5, 5.41) is 9.40. The minimum atomic E-state index is -0.101. The number of hydrogen-bond acceptors (Lipinski definition) is 3. The molecular formula is C30H33N5OS. The van der Waals surface area contributed by atoms with Crippen molar-refractivity contribution in [1.82, 2.24) is 19.8 Å². The molecule has 0 saturated carbocycles. The van der Waals surface area contributed by atoms with Gasteiger partial charge in [0.15, 0.2) is 5.11 Å². The Balaban J connectivity index is 1.42. The van der Waals surface area contributed by atoms with Crippen LogP contribution in [0.2, 0.25) is 0 Å². The normalized spacial score (nSPS) is 17.4. The zero-order chi connectivity index (χ0) is 26.1. The number of aromatic nitrogens is 2. The minimum absolute atomic E-state index is 0.0353. The monoisotopic (exact) mass is 511 g/mol. The number of pyridine rings is 1. The number of carbonyl (C=O) groups is 1. The summed E-state index contributed by atoms with van der Waals surface area (Å²) in [6.07, 6.45) is 2.13. The quantitative estimate of drug-likeness (QED) is 0.288. The van der Waals surface area contributed by atoms with Crippen LogP contribution in [0.25, 0.3) is 10.8 Å². The zero-order valence-electron chi connectivity index (χ0n) is 21.7. The van der Waals surface area contributed by atoms with Crippen LogP contribution in [0.15, 0.2) is 72.9 Å². The van der Waals surface area contributed by atoms with Crippen molar-refractivity contribution >= 4 is 39.7 Å². The first-order valence-corrected chi connectivity index (χ1v) is 13.2. The average Bonchev–Trinajstić information content (AvgIpc) is 3.37. The highest BCUT2D eigenvalue weighted by atomic mass is 32.1. The molecule has 7 heteroatoms. The van der Waals surface area contributed by atoms with Gasteiger partial charge >= 0.3 is 0 Å². The first-order valence-electron chi connectivity index (χ1n) is 12.8. The number of anilines is 1. The number of carbonyl (C=O) groups excluding carboxylic acids is 1. The number of amides is 1. The molecular weight excluding hydrogens is 478 g/mol. The van der Waals surface area contributed by atoms with Gasteiger partial charge in [-0.1, -0.05) is 42.5 Å². The van der Waals surface area contributed by atoms with Crippen molar-refractivity contribution in [2.45, 2.75) is 52.2 Å². The maximum Gasteiger partial charge on any atom is 0.226 e. The van der Waals surface area contributed by atoms with Crippen molar-refractivity contribution in [3.8, 4) is 0 Å². The molecule has 1 amide bonds. The molecule has 1 fully saturated rings. The van der Waals surface area contributed by atoms with Crippen LogP contribution in [0.4, 0.5) is 5.69 Å². The number of benzene rings is 2. The highest BCUT2D eigenvalue weighted by Crippen LogP contribution is 2.41. The maximum atomic E-state index is 13.1. The molecule has 2 N–H and O–H groups in total. The highest BCUT2D eigenvalue weighted by Gasteiger charge is 2.41. The van der Waals surface area contributed by atoms with E-state index in [-0.39, 0.29) is 18.0 Å². The highest BCUT2D eigenvalue weighted by molar-refractivity contribution is 7.80. The average molecular weight is 512 g/mol. The van der Waals surface area contributed by atoms with Gasteiger partial charge in [-0.15, -0.1) is 0 Å². The zero-order valence-corrected chi connectivity index (χ0v) is 22.5. The summed E-state index contributed by atoms with van der Waals surface area (Å²) in [7, 11) is 0. The predicted octanol–water partition coefficient (Wildman–Crippen LogP) is 6.24. The van der Waals surface area contributed by atoms with Crippen LogP contribution in [0.3, 0.4) is 0 Å². The van der Waals surface area contributed by atoms with Crippen LogP contribution in [-0.4, -0.2) is 32.0 Å². The third-order valence-electron chi connectivity index (χ3n) is 7.20. The standard InChI is InChI=1S/C30H33N5OS/c1-19(2)35-20(3)18-24(21(35)4)29-28(26-13-7-8-16-31-26)33-30(37)34(29)17-15-27(36)32-25-14-9-11-22-10-5-6-12-23(22)25/h5-14,16,18-19,28-29H,15,17H2,1-4H3,(H,32,36)(H,33,37). The minimum Gasteiger partial charge on any atom is -0.352 e. The number of rotatable bonds is 7. The van der Waals surface area contributed by atoms with E-state index in [1.165, 1.54) is 17.0 Å². The Morgan fingerprint density at radius 3 is 2.57 bits per heavy atom. The van der Waals surface area contributed by atoms with Crippen molar-refractivity contribution in [1.29, 1.82) is 0 Å². The molecule has 37 heavy (non-hydrogen) atoms. The van der Waals surface area contributed by atoms with Gasteiger partial charge in [0.2, 0.25) is 5.91 Å². The Hall–Kier alpha value is -3.71. The van der Waals surface area contributed by atoms with Crippen LogP contribution in [-0.2, 0) is 4.79 Å². The molecule has 2 aromatic heterocycles. The van der Waals surface area contributed by atoms with Gasteiger partial charge in [-0.3, -0.25) is 9.78 Å². The smallest absolute Gasteiger partial charge is 0.226 e. The summed E-state index contributed by atoms with van der Waals surface area (Å²) < 4.78 is 2.36. The van der Waals surface area contributed by atoms with Crippen molar-refractivity contribution in [3.05, 3.63) is 95.6 Å². The summed E-state index contributed by atoms with van der Waals surface area (Å²) in [6, 6.07) is 22.4. The van der Waals surface area contributed by atoms with Crippen LogP contribution < -0.4 is 10.6 Å². The molecule has 3 heterocycles. The first kappa shape index (κ1) is 25.0. The van der Waals surface area contributed by atoms with Crippen molar-refractivity contribution < 1.29 is 4.79 Å². The molecule has 0 spiro atoms. The fourth-order valence-corrected chi connectivity index (χ4v) is 5.98. The SMILES string of the molecule is Cc1cc(C2C(c3ccccn3)NC(=S)N2CCC(=O)Nc2cccc3ccccc23)c(C)n1C(C)C. The van der Waals surface area contributed by atoms with E-state index in [1.807, 2.05) is 54.7 Å². The second-order valence-corrected chi connectivity index (χ2v) is 10.3. The molecule has 190 valence electrons. The molecule has 6 nitrogen and oxygen atoms in total. The number of nitrogens with one attached hydrogen (secondary N) is 2. The van der Waals surface area contributed by atoms with Crippen LogP contribution in [0.1, 0.15) is 61.0 Å². The molecule has 5 rings (SSSR count). The van der Waals surface area contributed by atoms with Crippen LogP contribution in [0.5, 0.6) is 0 Å². The fraction of sp³-hybridized carbons (Fsp3) is 0.300. The van der Waals surface area contributed by atoms with Gasteiger partial charge < -0.3 is 20.1 Å². The molecule has 2 unspecified atom stereocenters. The fourth-order valence-electron chi connectivity index (χ4n) is 5.65. The third-order valence-corrected chi connectivity index (χ3v) is 7.55. The molecule has 0 aliphatic carbocycles. The molecule has 0 radical (unpaired) electrons. The maximum absolute atomic E-state index is 13.1. The second-order valence-electron chi connectivity index (χ2n) is 9.94. The van der Waals surface area contributed by atoms with Gasteiger partial charge in [-0.05, 0) is 75.1 Å². The molecule has 1 aliphatic heterocycles. The lowest BCUT2D eigenvalue weighted by Crippen LogP contribution is -2.33. The van der Waals surface area contributed by atoms with E-state index in [9.17, 15) is 4.79 Å². The topological polar surface area (TPSA) is 62.2 Å². The number of hydrogen-bond donors (Lipinski definition) is 2. The Kier molecular flexibility index (Phi) is 6.98. The number of aryl methyl sites for hydroxylation is 1. The summed E-state index contributed by atoms with van der Waals surface area (Å²) in [5.74, 6) is -0.0353. The van der Waals surface area contributed by atoms with Crippen molar-refractivity contribution in [2.75, 3.05) is 11.9 Å². The van der Waals surface area contributed by atoms with Crippen molar-refractivity contribution in [3.63, 3.8) is 0 Å². The molecule has 1 saturated heterocycles. The van der Waals surface area contributed by atoms with Gasteiger partial charge in [0.25, 0.3) is 0 Å². The second kappa shape index (κ2) is 10.3. The van der Waals surface area contributed by atoms with E-state index < -0.39 is 0 Å². The lowest BCUT2D eigenvalue weighted by atomic mass is 9.96. The molecule has 2 atom stereocenters. The molecule has 4 aromatic rings. The predicted molar refractivity (Wildman–Crippen MR) is 154 cm³/mol. The lowest BCUT2D eigenvalue weighted by molar-refractivity contribution is -0.116. The van der Waals surface area contributed by atoms with E-state index in [0.29, 0.717) is 24.1 Å². The number of fused-ring (bicyclic) bond motifs is 1. The Labute approximate surface area is 223 Å². The van der Waals surface area contributed by atoms with E-state index >= 15 is 0 Å². The summed E-state index contributed by atoms with van der Waals surface area (Å²) in [4.78, 5) is 19.9. The Bertz CT molecular complexity index is 1440. The third kappa shape index (κ3) is 4.83. The van der Waals surface area contributed by atoms with Gasteiger partial charge in [0.05, 0.1) is 17.8 Å². The van der Waals surface area contributed by atoms with Gasteiger partial charge in [0.1, 0.15) is 0 Å².